The van der Waals surface area contributed by atoms with Gasteiger partial charge >= 0.3 is 27.3 Å². The minimum Gasteiger partial charge on any atom is -0.462 e. The van der Waals surface area contributed by atoms with Crippen LogP contribution in [-0.2, 0) is 19.6 Å². The lowest BCUT2D eigenvalue weighted by atomic mass is 9.49. The monoisotopic (exact) mass is 390 g/mol. The first kappa shape index (κ1) is 18.8. The molecule has 144 valence electrons. The summed E-state index contributed by atoms with van der Waals surface area (Å²) >= 11 is 0. The van der Waals surface area contributed by atoms with Crippen LogP contribution in [-0.4, -0.2) is 47.9 Å². The highest BCUT2D eigenvalue weighted by Gasteiger charge is 2.73. The molecule has 4 aliphatic carbocycles. The number of hydrogen-bond donors (Lipinski definition) is 2. The van der Waals surface area contributed by atoms with Gasteiger partial charge in [0.1, 0.15) is 0 Å². The minimum atomic E-state index is -6.41. The van der Waals surface area contributed by atoms with Gasteiger partial charge in [-0.05, 0) is 49.9 Å². The van der Waals surface area contributed by atoms with Gasteiger partial charge in [0.25, 0.3) is 0 Å². The molecule has 0 radical (unpaired) electrons. The van der Waals surface area contributed by atoms with E-state index in [-0.39, 0.29) is 17.8 Å². The molecule has 0 amide bonds. The number of halogens is 4. The fraction of sp³-hybridized carbons (Fsp3) is 0.929. The van der Waals surface area contributed by atoms with E-state index >= 15 is 0 Å². The molecular weight excluding hydrogens is 372 g/mol. The maximum atomic E-state index is 13.9. The predicted octanol–water partition coefficient (Wildman–Crippen LogP) is 1.83. The Labute approximate surface area is 141 Å². The maximum Gasteiger partial charge on any atom is 0.451 e. The summed E-state index contributed by atoms with van der Waals surface area (Å²) in [4.78, 5) is 11.6. The van der Waals surface area contributed by atoms with Gasteiger partial charge in [-0.3, -0.25) is 4.55 Å². The Morgan fingerprint density at radius 2 is 1.64 bits per heavy atom. The van der Waals surface area contributed by atoms with Crippen LogP contribution in [0.5, 0.6) is 0 Å². The van der Waals surface area contributed by atoms with E-state index in [1.165, 1.54) is 0 Å². The summed E-state index contributed by atoms with van der Waals surface area (Å²) in [7, 11) is -6.41. The SMILES string of the molecule is O=C(OCC12CC3CC(C1)C(O)C(C3)C2)C(F)(C(F)(F)F)S(=O)(=O)O. The Kier molecular flexibility index (Phi) is 4.16. The van der Waals surface area contributed by atoms with Crippen LogP contribution in [0.4, 0.5) is 17.6 Å². The Morgan fingerprint density at radius 3 is 2.08 bits per heavy atom. The second-order valence-corrected chi connectivity index (χ2v) is 9.12. The zero-order valence-electron chi connectivity index (χ0n) is 13.0. The Morgan fingerprint density at radius 1 is 1.12 bits per heavy atom. The molecule has 11 heteroatoms. The largest absolute Gasteiger partial charge is 0.462 e. The van der Waals surface area contributed by atoms with Crippen molar-refractivity contribution in [3.8, 4) is 0 Å². The Bertz CT molecular complexity index is 661. The third kappa shape index (κ3) is 2.84. The number of aliphatic hydroxyl groups excluding tert-OH is 1. The van der Waals surface area contributed by atoms with Crippen LogP contribution in [0.15, 0.2) is 0 Å². The molecular formula is C14H18F4O6S. The number of carbonyl (C=O) groups is 1. The molecule has 3 unspecified atom stereocenters. The van der Waals surface area contributed by atoms with Crippen LogP contribution in [0.2, 0.25) is 0 Å². The molecule has 0 spiro atoms. The van der Waals surface area contributed by atoms with E-state index in [1.807, 2.05) is 0 Å². The summed E-state index contributed by atoms with van der Waals surface area (Å²) in [5.41, 5.74) is -0.683. The first-order valence-corrected chi connectivity index (χ1v) is 9.31. The van der Waals surface area contributed by atoms with Crippen LogP contribution in [0.1, 0.15) is 32.1 Å². The highest BCUT2D eigenvalue weighted by Crippen LogP contribution is 2.60. The van der Waals surface area contributed by atoms with Crippen molar-refractivity contribution in [1.82, 2.24) is 0 Å². The van der Waals surface area contributed by atoms with Crippen molar-refractivity contribution in [3.05, 3.63) is 0 Å². The number of ether oxygens (including phenoxy) is 1. The fourth-order valence-electron chi connectivity index (χ4n) is 5.02. The van der Waals surface area contributed by atoms with Gasteiger partial charge in [0.05, 0.1) is 12.7 Å². The van der Waals surface area contributed by atoms with E-state index in [0.717, 1.165) is 12.8 Å². The van der Waals surface area contributed by atoms with E-state index in [1.54, 1.807) is 0 Å². The third-order valence-corrected chi connectivity index (χ3v) is 6.95. The van der Waals surface area contributed by atoms with Gasteiger partial charge in [-0.15, -0.1) is 0 Å². The van der Waals surface area contributed by atoms with E-state index < -0.39 is 45.4 Å². The summed E-state index contributed by atoms with van der Waals surface area (Å²) < 4.78 is 86.8. The van der Waals surface area contributed by atoms with Crippen LogP contribution >= 0.6 is 0 Å². The first-order chi connectivity index (χ1) is 11.3. The van der Waals surface area contributed by atoms with Crippen LogP contribution in [0.25, 0.3) is 0 Å². The molecule has 0 aromatic heterocycles. The van der Waals surface area contributed by atoms with Crippen molar-refractivity contribution in [2.45, 2.75) is 49.4 Å². The zero-order chi connectivity index (χ0) is 18.8. The van der Waals surface area contributed by atoms with Crippen molar-refractivity contribution in [2.24, 2.45) is 23.2 Å². The lowest BCUT2D eigenvalue weighted by Crippen LogP contribution is -2.57. The standard InChI is InChI=1S/C14H18F4O6S/c15-13(14(16,17)18,25(21,22)23)11(20)24-6-12-3-7-1-8(4-12)10(19)9(2-7)5-12/h7-10,19H,1-6H2,(H,21,22,23). The van der Waals surface area contributed by atoms with Gasteiger partial charge in [-0.2, -0.15) is 21.6 Å². The lowest BCUT2D eigenvalue weighted by molar-refractivity contribution is -0.220. The molecule has 3 atom stereocenters. The van der Waals surface area contributed by atoms with Gasteiger partial charge in [0.2, 0.25) is 0 Å². The highest BCUT2D eigenvalue weighted by molar-refractivity contribution is 7.88. The van der Waals surface area contributed by atoms with Crippen LogP contribution < -0.4 is 0 Å². The third-order valence-electron chi connectivity index (χ3n) is 5.84. The summed E-state index contributed by atoms with van der Waals surface area (Å²) in [5, 5.41) is 4.62. The number of rotatable bonds is 4. The molecule has 0 aromatic carbocycles. The van der Waals surface area contributed by atoms with E-state index in [0.29, 0.717) is 19.3 Å². The van der Waals surface area contributed by atoms with Crippen molar-refractivity contribution in [3.63, 3.8) is 0 Å². The highest BCUT2D eigenvalue weighted by atomic mass is 32.2. The fourth-order valence-corrected chi connectivity index (χ4v) is 5.58. The minimum absolute atomic E-state index is 0.0516. The molecule has 2 N–H and O–H groups in total. The topological polar surface area (TPSA) is 101 Å². The normalized spacial score (nSPS) is 39.9. The number of carbonyl (C=O) groups excluding carboxylic acids is 1. The van der Waals surface area contributed by atoms with Gasteiger partial charge in [-0.25, -0.2) is 9.18 Å². The molecule has 0 aromatic rings. The van der Waals surface area contributed by atoms with Crippen molar-refractivity contribution in [2.75, 3.05) is 6.61 Å². The van der Waals surface area contributed by atoms with Gasteiger partial charge < -0.3 is 9.84 Å². The maximum absolute atomic E-state index is 13.9. The smallest absolute Gasteiger partial charge is 0.451 e. The number of aliphatic hydroxyl groups is 1. The summed E-state index contributed by atoms with van der Waals surface area (Å²) in [6.07, 6.45) is -3.69. The second-order valence-electron chi connectivity index (χ2n) is 7.60. The van der Waals surface area contributed by atoms with Crippen LogP contribution in [0.3, 0.4) is 0 Å². The van der Waals surface area contributed by atoms with Crippen LogP contribution in [0, 0.1) is 23.2 Å². The molecule has 4 bridgehead atoms. The number of esters is 1. The first-order valence-electron chi connectivity index (χ1n) is 7.87. The summed E-state index contributed by atoms with van der Waals surface area (Å²) in [5.74, 6) is -2.54. The zero-order valence-corrected chi connectivity index (χ0v) is 13.8. The molecule has 4 aliphatic rings. The molecule has 4 saturated carbocycles. The molecule has 4 fully saturated rings. The van der Waals surface area contributed by atoms with Crippen molar-refractivity contribution < 1.29 is 45.2 Å². The van der Waals surface area contributed by atoms with E-state index in [2.05, 4.69) is 4.74 Å². The summed E-state index contributed by atoms with van der Waals surface area (Å²) in [6, 6.07) is 0. The molecule has 25 heavy (non-hydrogen) atoms. The van der Waals surface area contributed by atoms with E-state index in [4.69, 9.17) is 4.55 Å². The molecule has 0 saturated heterocycles. The quantitative estimate of drug-likeness (QED) is 0.432. The lowest BCUT2D eigenvalue weighted by Gasteiger charge is -2.58. The van der Waals surface area contributed by atoms with Gasteiger partial charge in [-0.1, -0.05) is 0 Å². The Balaban J connectivity index is 1.76. The Hall–Kier alpha value is -0.940. The number of hydrogen-bond acceptors (Lipinski definition) is 5. The van der Waals surface area contributed by atoms with E-state index in [9.17, 15) is 35.9 Å². The molecule has 4 rings (SSSR count). The second kappa shape index (κ2) is 5.53. The summed E-state index contributed by atoms with van der Waals surface area (Å²) in [6.45, 7) is -0.570. The average molecular weight is 390 g/mol. The molecule has 6 nitrogen and oxygen atoms in total. The molecule has 0 heterocycles. The van der Waals surface area contributed by atoms with Gasteiger partial charge in [0, 0.05) is 5.41 Å². The van der Waals surface area contributed by atoms with Gasteiger partial charge in [0.15, 0.2) is 0 Å². The van der Waals surface area contributed by atoms with Crippen molar-refractivity contribution >= 4 is 16.1 Å². The van der Waals surface area contributed by atoms with Crippen molar-refractivity contribution in [1.29, 1.82) is 0 Å². The number of alkyl halides is 4. The molecule has 0 aliphatic heterocycles. The average Bonchev–Trinajstić information content (AvgIpc) is 2.46. The predicted molar refractivity (Wildman–Crippen MR) is 74.4 cm³/mol.